The van der Waals surface area contributed by atoms with E-state index >= 15 is 0 Å². The lowest BCUT2D eigenvalue weighted by molar-refractivity contribution is -0.119. The van der Waals surface area contributed by atoms with Crippen LogP contribution in [0.2, 0.25) is 0 Å². The first-order valence-electron chi connectivity index (χ1n) is 3.64. The maximum Gasteiger partial charge on any atom is 0.170 e. The number of carbonyl (C=O) groups excluding carboxylic acids is 1. The normalized spacial score (nSPS) is 31.3. The summed E-state index contributed by atoms with van der Waals surface area (Å²) in [5.41, 5.74) is -0.242. The number of hydrogen-bond donors (Lipinski definition) is 0. The van der Waals surface area contributed by atoms with Crippen molar-refractivity contribution in [3.63, 3.8) is 0 Å². The van der Waals surface area contributed by atoms with E-state index < -0.39 is 4.84 Å². The third-order valence-electron chi connectivity index (χ3n) is 2.49. The maximum absolute atomic E-state index is 11.3. The summed E-state index contributed by atoms with van der Waals surface area (Å²) in [6, 6.07) is 2.08. The van der Waals surface area contributed by atoms with Crippen LogP contribution in [0.25, 0.3) is 0 Å². The van der Waals surface area contributed by atoms with Gasteiger partial charge in [-0.05, 0) is 5.41 Å². The van der Waals surface area contributed by atoms with Crippen molar-refractivity contribution in [2.75, 3.05) is 0 Å². The molecule has 0 spiro atoms. The minimum atomic E-state index is -0.993. The van der Waals surface area contributed by atoms with Gasteiger partial charge < -0.3 is 0 Å². The predicted octanol–water partition coefficient (Wildman–Crippen LogP) is 2.15. The summed E-state index contributed by atoms with van der Waals surface area (Å²) in [4.78, 5) is 10.3. The Morgan fingerprint density at radius 2 is 2.08 bits per heavy atom. The van der Waals surface area contributed by atoms with Gasteiger partial charge >= 0.3 is 0 Å². The second-order valence-corrected chi connectivity index (χ2v) is 4.71. The first-order valence-corrected chi connectivity index (χ1v) is 4.51. The summed E-state index contributed by atoms with van der Waals surface area (Å²) in [6.45, 7) is 3.75. The Bertz CT molecular complexity index is 254. The van der Waals surface area contributed by atoms with Crippen molar-refractivity contribution in [3.05, 3.63) is 0 Å². The van der Waals surface area contributed by atoms with Crippen LogP contribution in [0.5, 0.6) is 0 Å². The third kappa shape index (κ3) is 1.32. The molecule has 2 nitrogen and oxygen atoms in total. The Hall–Kier alpha value is -0.260. The quantitative estimate of drug-likeness (QED) is 0.649. The minimum absolute atomic E-state index is 0.218. The van der Waals surface area contributed by atoms with Crippen LogP contribution >= 0.6 is 23.2 Å². The van der Waals surface area contributed by atoms with Crippen LogP contribution in [0.1, 0.15) is 13.8 Å². The largest absolute Gasteiger partial charge is 0.296 e. The van der Waals surface area contributed by atoms with Crippen molar-refractivity contribution in [2.24, 2.45) is 17.3 Å². The zero-order valence-electron chi connectivity index (χ0n) is 6.84. The molecule has 2 unspecified atom stereocenters. The van der Waals surface area contributed by atoms with Crippen molar-refractivity contribution in [2.45, 2.75) is 18.7 Å². The maximum atomic E-state index is 11.3. The average Bonchev–Trinajstić information content (AvgIpc) is 2.50. The van der Waals surface area contributed by atoms with Crippen molar-refractivity contribution in [1.82, 2.24) is 0 Å². The number of hydrogen-bond acceptors (Lipinski definition) is 2. The zero-order valence-corrected chi connectivity index (χ0v) is 8.36. The second kappa shape index (κ2) is 2.90. The Kier molecular flexibility index (Phi) is 2.38. The molecule has 0 saturated heterocycles. The van der Waals surface area contributed by atoms with E-state index in [-0.39, 0.29) is 23.0 Å². The van der Waals surface area contributed by atoms with Gasteiger partial charge in [0.25, 0.3) is 0 Å². The van der Waals surface area contributed by atoms with Crippen LogP contribution in [0.3, 0.4) is 0 Å². The molecule has 1 rings (SSSR count). The molecule has 0 aliphatic heterocycles. The van der Waals surface area contributed by atoms with E-state index in [1.165, 1.54) is 0 Å². The molecular formula is C8H9Cl2NO. The number of ketones is 1. The molecule has 0 N–H and O–H groups in total. The van der Waals surface area contributed by atoms with E-state index in [0.717, 1.165) is 0 Å². The predicted molar refractivity (Wildman–Crippen MR) is 46.9 cm³/mol. The lowest BCUT2D eigenvalue weighted by Crippen LogP contribution is -2.13. The van der Waals surface area contributed by atoms with E-state index in [1.54, 1.807) is 0 Å². The van der Waals surface area contributed by atoms with Gasteiger partial charge in [-0.25, -0.2) is 0 Å². The van der Waals surface area contributed by atoms with Crippen LogP contribution in [0.15, 0.2) is 0 Å². The van der Waals surface area contributed by atoms with Crippen LogP contribution in [0, 0.1) is 28.6 Å². The SMILES string of the molecule is CC1(C)C(C#N)C1C(=O)C(Cl)Cl. The van der Waals surface area contributed by atoms with Crippen LogP contribution in [-0.4, -0.2) is 10.6 Å². The first kappa shape index (κ1) is 9.83. The molecule has 0 amide bonds. The van der Waals surface area contributed by atoms with Gasteiger partial charge in [0.05, 0.1) is 12.0 Å². The standard InChI is InChI=1S/C8H9Cl2NO/c1-8(2)4(3-11)5(8)6(12)7(9)10/h4-5,7H,1-2H3. The summed E-state index contributed by atoms with van der Waals surface area (Å²) in [7, 11) is 0. The molecule has 0 aromatic carbocycles. The molecular weight excluding hydrogens is 197 g/mol. The van der Waals surface area contributed by atoms with Crippen LogP contribution < -0.4 is 0 Å². The van der Waals surface area contributed by atoms with E-state index in [4.69, 9.17) is 28.5 Å². The summed E-state index contributed by atoms with van der Waals surface area (Å²) < 4.78 is 0. The number of alkyl halides is 2. The average molecular weight is 206 g/mol. The number of halogens is 2. The van der Waals surface area contributed by atoms with E-state index in [9.17, 15) is 4.79 Å². The molecule has 0 heterocycles. The van der Waals surface area contributed by atoms with Gasteiger partial charge in [-0.3, -0.25) is 4.79 Å². The molecule has 2 atom stereocenters. The molecule has 0 aromatic rings. The number of Topliss-reactive ketones (excluding diaryl/α,β-unsaturated/α-hetero) is 1. The van der Waals surface area contributed by atoms with Gasteiger partial charge in [0.15, 0.2) is 10.6 Å². The van der Waals surface area contributed by atoms with Crippen molar-refractivity contribution in [3.8, 4) is 6.07 Å². The Morgan fingerprint density at radius 1 is 1.58 bits per heavy atom. The molecule has 1 fully saturated rings. The highest BCUT2D eigenvalue weighted by Gasteiger charge is 2.62. The monoisotopic (exact) mass is 205 g/mol. The van der Waals surface area contributed by atoms with Gasteiger partial charge in [-0.2, -0.15) is 5.26 Å². The van der Waals surface area contributed by atoms with Gasteiger partial charge in [0.2, 0.25) is 0 Å². The number of nitrogens with zero attached hydrogens (tertiary/aromatic N) is 1. The van der Waals surface area contributed by atoms with Gasteiger partial charge in [-0.15, -0.1) is 0 Å². The summed E-state index contributed by atoms with van der Waals surface area (Å²) in [5, 5.41) is 8.65. The van der Waals surface area contributed by atoms with Gasteiger partial charge in [0.1, 0.15) is 0 Å². The zero-order chi connectivity index (χ0) is 9.52. The van der Waals surface area contributed by atoms with Crippen molar-refractivity contribution in [1.29, 1.82) is 5.26 Å². The van der Waals surface area contributed by atoms with E-state index in [0.29, 0.717) is 0 Å². The fourth-order valence-corrected chi connectivity index (χ4v) is 1.82. The van der Waals surface area contributed by atoms with Gasteiger partial charge in [-0.1, -0.05) is 37.0 Å². The molecule has 0 aromatic heterocycles. The summed E-state index contributed by atoms with van der Waals surface area (Å²) in [5.74, 6) is -0.720. The molecule has 66 valence electrons. The van der Waals surface area contributed by atoms with Crippen LogP contribution in [-0.2, 0) is 4.79 Å². The lowest BCUT2D eigenvalue weighted by atomic mass is 10.1. The summed E-state index contributed by atoms with van der Waals surface area (Å²) in [6.07, 6.45) is 0. The third-order valence-corrected chi connectivity index (χ3v) is 2.92. The molecule has 0 bridgehead atoms. The van der Waals surface area contributed by atoms with Crippen LogP contribution in [0.4, 0.5) is 0 Å². The van der Waals surface area contributed by atoms with Gasteiger partial charge in [0, 0.05) is 5.92 Å². The number of nitriles is 1. The van der Waals surface area contributed by atoms with E-state index in [2.05, 4.69) is 6.07 Å². The summed E-state index contributed by atoms with van der Waals surface area (Å²) >= 11 is 10.8. The smallest absolute Gasteiger partial charge is 0.170 e. The Labute approximate surface area is 81.4 Å². The molecule has 1 aliphatic rings. The second-order valence-electron chi connectivity index (χ2n) is 3.61. The fourth-order valence-electron chi connectivity index (χ4n) is 1.55. The highest BCUT2D eigenvalue weighted by atomic mass is 35.5. The Balaban J connectivity index is 2.72. The van der Waals surface area contributed by atoms with E-state index in [1.807, 2.05) is 13.8 Å². The molecule has 0 radical (unpaired) electrons. The van der Waals surface area contributed by atoms with Crippen molar-refractivity contribution < 1.29 is 4.79 Å². The minimum Gasteiger partial charge on any atom is -0.296 e. The highest BCUT2D eigenvalue weighted by Crippen LogP contribution is 2.58. The number of carbonyl (C=O) groups is 1. The molecule has 4 heteroatoms. The fraction of sp³-hybridized carbons (Fsp3) is 0.750. The number of rotatable bonds is 2. The molecule has 12 heavy (non-hydrogen) atoms. The Morgan fingerprint density at radius 3 is 2.33 bits per heavy atom. The topological polar surface area (TPSA) is 40.9 Å². The van der Waals surface area contributed by atoms with Crippen molar-refractivity contribution >= 4 is 29.0 Å². The first-order chi connectivity index (χ1) is 5.42. The lowest BCUT2D eigenvalue weighted by Gasteiger charge is -2.00. The highest BCUT2D eigenvalue weighted by molar-refractivity contribution is 6.54. The molecule has 1 saturated carbocycles. The molecule has 1 aliphatic carbocycles.